The lowest BCUT2D eigenvalue weighted by Gasteiger charge is -2.17. The molecule has 0 fully saturated rings. The Kier molecular flexibility index (Phi) is 9.18. The zero-order valence-electron chi connectivity index (χ0n) is 9.74. The SMILES string of the molecule is C=CCN(CCCCCCC)CC(=O)O. The summed E-state index contributed by atoms with van der Waals surface area (Å²) in [6.45, 7) is 7.47. The number of unbranched alkanes of at least 4 members (excludes halogenated alkanes) is 4. The Morgan fingerprint density at radius 1 is 1.33 bits per heavy atom. The van der Waals surface area contributed by atoms with Gasteiger partial charge >= 0.3 is 5.97 Å². The Bertz CT molecular complexity index is 180. The second-order valence-corrected chi connectivity index (χ2v) is 3.83. The minimum Gasteiger partial charge on any atom is -0.480 e. The Hall–Kier alpha value is -0.830. The minimum absolute atomic E-state index is 0.125. The molecule has 0 aromatic heterocycles. The average Bonchev–Trinajstić information content (AvgIpc) is 2.17. The lowest BCUT2D eigenvalue weighted by atomic mass is 10.1. The molecule has 0 aromatic carbocycles. The summed E-state index contributed by atoms with van der Waals surface area (Å²) in [4.78, 5) is 12.5. The number of rotatable bonds is 10. The molecule has 0 aromatic rings. The topological polar surface area (TPSA) is 40.5 Å². The van der Waals surface area contributed by atoms with Gasteiger partial charge in [-0.2, -0.15) is 0 Å². The molecule has 0 unspecified atom stereocenters. The van der Waals surface area contributed by atoms with Crippen molar-refractivity contribution in [2.24, 2.45) is 0 Å². The first-order valence-corrected chi connectivity index (χ1v) is 5.75. The van der Waals surface area contributed by atoms with Crippen LogP contribution in [-0.4, -0.2) is 35.6 Å². The molecule has 0 aliphatic rings. The molecule has 0 saturated carbocycles. The number of nitrogens with zero attached hydrogens (tertiary/aromatic N) is 1. The maximum atomic E-state index is 10.5. The summed E-state index contributed by atoms with van der Waals surface area (Å²) in [7, 11) is 0. The number of carboxylic acid groups (broad SMARTS) is 1. The molecule has 0 radical (unpaired) electrons. The number of hydrogen-bond acceptors (Lipinski definition) is 2. The van der Waals surface area contributed by atoms with Gasteiger partial charge in [0.25, 0.3) is 0 Å². The van der Waals surface area contributed by atoms with Crippen LogP contribution in [0.2, 0.25) is 0 Å². The van der Waals surface area contributed by atoms with Crippen LogP contribution in [-0.2, 0) is 4.79 Å². The van der Waals surface area contributed by atoms with E-state index in [4.69, 9.17) is 5.11 Å². The summed E-state index contributed by atoms with van der Waals surface area (Å²) in [5.74, 6) is -0.759. The predicted molar refractivity (Wildman–Crippen MR) is 63.0 cm³/mol. The van der Waals surface area contributed by atoms with Gasteiger partial charge in [-0.25, -0.2) is 0 Å². The van der Waals surface area contributed by atoms with E-state index in [1.54, 1.807) is 6.08 Å². The molecule has 1 N–H and O–H groups in total. The van der Waals surface area contributed by atoms with Crippen LogP contribution >= 0.6 is 0 Å². The van der Waals surface area contributed by atoms with E-state index in [1.165, 1.54) is 25.7 Å². The van der Waals surface area contributed by atoms with E-state index in [0.29, 0.717) is 6.54 Å². The highest BCUT2D eigenvalue weighted by Gasteiger charge is 2.06. The predicted octanol–water partition coefficient (Wildman–Crippen LogP) is 2.53. The summed E-state index contributed by atoms with van der Waals surface area (Å²) in [5.41, 5.74) is 0. The van der Waals surface area contributed by atoms with Crippen LogP contribution in [0.1, 0.15) is 39.0 Å². The molecule has 3 heteroatoms. The van der Waals surface area contributed by atoms with E-state index >= 15 is 0 Å². The van der Waals surface area contributed by atoms with Gasteiger partial charge in [-0.15, -0.1) is 6.58 Å². The molecule has 88 valence electrons. The van der Waals surface area contributed by atoms with E-state index in [9.17, 15) is 4.79 Å². The monoisotopic (exact) mass is 213 g/mol. The Morgan fingerprint density at radius 2 is 2.00 bits per heavy atom. The van der Waals surface area contributed by atoms with Crippen LogP contribution in [0.15, 0.2) is 12.7 Å². The van der Waals surface area contributed by atoms with E-state index < -0.39 is 5.97 Å². The first-order valence-electron chi connectivity index (χ1n) is 5.75. The van der Waals surface area contributed by atoms with Crippen molar-refractivity contribution in [3.8, 4) is 0 Å². The van der Waals surface area contributed by atoms with Gasteiger partial charge in [-0.3, -0.25) is 9.69 Å². The fourth-order valence-electron chi connectivity index (χ4n) is 1.55. The van der Waals surface area contributed by atoms with E-state index in [2.05, 4.69) is 13.5 Å². The van der Waals surface area contributed by atoms with Gasteiger partial charge in [0.05, 0.1) is 6.54 Å². The third-order valence-corrected chi connectivity index (χ3v) is 2.32. The lowest BCUT2D eigenvalue weighted by Crippen LogP contribution is -2.30. The number of carboxylic acids is 1. The smallest absolute Gasteiger partial charge is 0.317 e. The highest BCUT2D eigenvalue weighted by Crippen LogP contribution is 2.03. The maximum Gasteiger partial charge on any atom is 0.317 e. The van der Waals surface area contributed by atoms with Crippen LogP contribution in [0.3, 0.4) is 0 Å². The Morgan fingerprint density at radius 3 is 2.53 bits per heavy atom. The molecule has 0 rings (SSSR count). The van der Waals surface area contributed by atoms with Crippen LogP contribution in [0.5, 0.6) is 0 Å². The second-order valence-electron chi connectivity index (χ2n) is 3.83. The summed E-state index contributed by atoms with van der Waals surface area (Å²) in [5, 5.41) is 8.68. The van der Waals surface area contributed by atoms with Crippen LogP contribution in [0.25, 0.3) is 0 Å². The van der Waals surface area contributed by atoms with Crippen molar-refractivity contribution < 1.29 is 9.90 Å². The molecule has 0 saturated heterocycles. The van der Waals surface area contributed by atoms with Crippen molar-refractivity contribution in [2.75, 3.05) is 19.6 Å². The summed E-state index contributed by atoms with van der Waals surface area (Å²) >= 11 is 0. The highest BCUT2D eigenvalue weighted by atomic mass is 16.4. The van der Waals surface area contributed by atoms with E-state index in [1.807, 2.05) is 4.90 Å². The average molecular weight is 213 g/mol. The minimum atomic E-state index is -0.759. The fourth-order valence-corrected chi connectivity index (χ4v) is 1.55. The number of aliphatic carboxylic acids is 1. The molecule has 0 atom stereocenters. The van der Waals surface area contributed by atoms with Gasteiger partial charge in [0.15, 0.2) is 0 Å². The van der Waals surface area contributed by atoms with Crippen LogP contribution in [0, 0.1) is 0 Å². The molecule has 0 aliphatic carbocycles. The van der Waals surface area contributed by atoms with Gasteiger partial charge < -0.3 is 5.11 Å². The number of carbonyl (C=O) groups is 1. The van der Waals surface area contributed by atoms with Crippen LogP contribution in [0.4, 0.5) is 0 Å². The van der Waals surface area contributed by atoms with Gasteiger partial charge in [0.1, 0.15) is 0 Å². The van der Waals surface area contributed by atoms with Gasteiger partial charge in [-0.05, 0) is 13.0 Å². The summed E-state index contributed by atoms with van der Waals surface area (Å²) in [6.07, 6.45) is 7.81. The van der Waals surface area contributed by atoms with Gasteiger partial charge in [0.2, 0.25) is 0 Å². The summed E-state index contributed by atoms with van der Waals surface area (Å²) < 4.78 is 0. The van der Waals surface area contributed by atoms with Gasteiger partial charge in [0, 0.05) is 6.54 Å². The third-order valence-electron chi connectivity index (χ3n) is 2.32. The molecule has 0 aliphatic heterocycles. The molecule has 0 amide bonds. The maximum absolute atomic E-state index is 10.5. The first kappa shape index (κ1) is 14.2. The standard InChI is InChI=1S/C12H23NO2/c1-3-5-6-7-8-10-13(9-4-2)11-12(14)15/h4H,2-3,5-11H2,1H3,(H,14,15). The van der Waals surface area contributed by atoms with Crippen molar-refractivity contribution in [1.82, 2.24) is 4.90 Å². The first-order chi connectivity index (χ1) is 7.20. The molecule has 15 heavy (non-hydrogen) atoms. The third kappa shape index (κ3) is 9.47. The van der Waals surface area contributed by atoms with Crippen molar-refractivity contribution in [3.63, 3.8) is 0 Å². The molecule has 3 nitrogen and oxygen atoms in total. The summed E-state index contributed by atoms with van der Waals surface area (Å²) in [6, 6.07) is 0. The zero-order valence-corrected chi connectivity index (χ0v) is 9.74. The quantitative estimate of drug-likeness (QED) is 0.448. The number of hydrogen-bond donors (Lipinski definition) is 1. The van der Waals surface area contributed by atoms with Crippen molar-refractivity contribution in [2.45, 2.75) is 39.0 Å². The zero-order chi connectivity index (χ0) is 11.5. The molecular formula is C12H23NO2. The molecule has 0 bridgehead atoms. The fraction of sp³-hybridized carbons (Fsp3) is 0.750. The van der Waals surface area contributed by atoms with E-state index in [0.717, 1.165) is 13.0 Å². The Balaban J connectivity index is 3.56. The normalized spacial score (nSPS) is 10.5. The van der Waals surface area contributed by atoms with Crippen LogP contribution < -0.4 is 0 Å². The highest BCUT2D eigenvalue weighted by molar-refractivity contribution is 5.69. The Labute approximate surface area is 92.8 Å². The van der Waals surface area contributed by atoms with E-state index in [-0.39, 0.29) is 6.54 Å². The second kappa shape index (κ2) is 9.71. The van der Waals surface area contributed by atoms with Crippen molar-refractivity contribution in [3.05, 3.63) is 12.7 Å². The molecule has 0 spiro atoms. The van der Waals surface area contributed by atoms with Crippen molar-refractivity contribution in [1.29, 1.82) is 0 Å². The largest absolute Gasteiger partial charge is 0.480 e. The molecule has 0 heterocycles. The van der Waals surface area contributed by atoms with Gasteiger partial charge in [-0.1, -0.05) is 38.7 Å². The van der Waals surface area contributed by atoms with Crippen molar-refractivity contribution >= 4 is 5.97 Å². The molecular weight excluding hydrogens is 190 g/mol. The lowest BCUT2D eigenvalue weighted by molar-refractivity contribution is -0.138.